The van der Waals surface area contributed by atoms with Crippen LogP contribution >= 0.6 is 0 Å². The summed E-state index contributed by atoms with van der Waals surface area (Å²) < 4.78 is 15.7. The molecule has 0 heterocycles. The SMILES string of the molecule is COc1ccc(/C=C/N(CCc2ccc(OC)c(OC)c2)C(C)=O)cc1. The highest BCUT2D eigenvalue weighted by Crippen LogP contribution is 2.27. The molecule has 0 aliphatic carbocycles. The Bertz CT molecular complexity index is 753. The van der Waals surface area contributed by atoms with Gasteiger partial charge in [0.25, 0.3) is 0 Å². The fourth-order valence-electron chi connectivity index (χ4n) is 2.51. The first-order chi connectivity index (χ1) is 12.6. The van der Waals surface area contributed by atoms with Crippen LogP contribution in [0.15, 0.2) is 48.7 Å². The van der Waals surface area contributed by atoms with E-state index in [4.69, 9.17) is 14.2 Å². The molecule has 0 atom stereocenters. The van der Waals surface area contributed by atoms with Crippen LogP contribution in [0, 0.1) is 0 Å². The Morgan fingerprint density at radius 1 is 0.962 bits per heavy atom. The number of amides is 1. The Morgan fingerprint density at radius 3 is 2.23 bits per heavy atom. The number of hydrogen-bond acceptors (Lipinski definition) is 4. The van der Waals surface area contributed by atoms with E-state index in [0.717, 1.165) is 16.9 Å². The first kappa shape index (κ1) is 19.4. The van der Waals surface area contributed by atoms with Gasteiger partial charge in [0.15, 0.2) is 11.5 Å². The Labute approximate surface area is 154 Å². The minimum absolute atomic E-state index is 0.00441. The molecule has 5 heteroatoms. The van der Waals surface area contributed by atoms with Gasteiger partial charge in [-0.25, -0.2) is 0 Å². The monoisotopic (exact) mass is 355 g/mol. The van der Waals surface area contributed by atoms with Crippen LogP contribution in [0.25, 0.3) is 6.08 Å². The number of methoxy groups -OCH3 is 3. The predicted molar refractivity (Wildman–Crippen MR) is 103 cm³/mol. The maximum Gasteiger partial charge on any atom is 0.223 e. The Hall–Kier alpha value is -2.95. The highest BCUT2D eigenvalue weighted by atomic mass is 16.5. The number of carbonyl (C=O) groups is 1. The normalized spacial score (nSPS) is 10.6. The second-order valence-electron chi connectivity index (χ2n) is 5.74. The molecule has 2 rings (SSSR count). The van der Waals surface area contributed by atoms with Crippen molar-refractivity contribution in [3.05, 3.63) is 59.8 Å². The molecule has 26 heavy (non-hydrogen) atoms. The third-order valence-electron chi connectivity index (χ3n) is 4.06. The summed E-state index contributed by atoms with van der Waals surface area (Å²) in [6.45, 7) is 2.14. The molecule has 0 fully saturated rings. The van der Waals surface area contributed by atoms with E-state index in [0.29, 0.717) is 24.5 Å². The van der Waals surface area contributed by atoms with Crippen molar-refractivity contribution in [3.8, 4) is 17.2 Å². The smallest absolute Gasteiger partial charge is 0.223 e. The topological polar surface area (TPSA) is 48.0 Å². The van der Waals surface area contributed by atoms with E-state index in [-0.39, 0.29) is 5.91 Å². The highest BCUT2D eigenvalue weighted by molar-refractivity contribution is 5.75. The van der Waals surface area contributed by atoms with E-state index < -0.39 is 0 Å². The van der Waals surface area contributed by atoms with Gasteiger partial charge in [0.2, 0.25) is 5.91 Å². The van der Waals surface area contributed by atoms with Crippen molar-refractivity contribution in [2.24, 2.45) is 0 Å². The van der Waals surface area contributed by atoms with Crippen LogP contribution < -0.4 is 14.2 Å². The molecule has 138 valence electrons. The molecule has 2 aromatic rings. The molecule has 0 radical (unpaired) electrons. The van der Waals surface area contributed by atoms with Crippen molar-refractivity contribution in [2.75, 3.05) is 27.9 Å². The Kier molecular flexibility index (Phi) is 7.09. The number of hydrogen-bond donors (Lipinski definition) is 0. The zero-order valence-electron chi connectivity index (χ0n) is 15.7. The van der Waals surface area contributed by atoms with Crippen molar-refractivity contribution in [1.29, 1.82) is 0 Å². The van der Waals surface area contributed by atoms with E-state index in [1.54, 1.807) is 33.2 Å². The number of nitrogens with zero attached hydrogens (tertiary/aromatic N) is 1. The second kappa shape index (κ2) is 9.51. The molecule has 0 aromatic heterocycles. The van der Waals surface area contributed by atoms with Crippen LogP contribution in [-0.2, 0) is 11.2 Å². The molecule has 2 aromatic carbocycles. The molecule has 0 N–H and O–H groups in total. The van der Waals surface area contributed by atoms with Crippen molar-refractivity contribution < 1.29 is 19.0 Å². The quantitative estimate of drug-likeness (QED) is 0.723. The first-order valence-electron chi connectivity index (χ1n) is 8.37. The van der Waals surface area contributed by atoms with Gasteiger partial charge < -0.3 is 19.1 Å². The zero-order chi connectivity index (χ0) is 18.9. The van der Waals surface area contributed by atoms with E-state index >= 15 is 0 Å². The zero-order valence-corrected chi connectivity index (χ0v) is 15.7. The molecule has 0 bridgehead atoms. The number of benzene rings is 2. The molecule has 1 amide bonds. The lowest BCUT2D eigenvalue weighted by atomic mass is 10.1. The van der Waals surface area contributed by atoms with E-state index in [2.05, 4.69) is 0 Å². The first-order valence-corrected chi connectivity index (χ1v) is 8.37. The van der Waals surface area contributed by atoms with Gasteiger partial charge in [-0.05, 0) is 47.9 Å². The minimum Gasteiger partial charge on any atom is -0.497 e. The van der Waals surface area contributed by atoms with Crippen molar-refractivity contribution >= 4 is 12.0 Å². The van der Waals surface area contributed by atoms with Gasteiger partial charge in [0.05, 0.1) is 21.3 Å². The Balaban J connectivity index is 2.03. The van der Waals surface area contributed by atoms with Crippen LogP contribution in [0.1, 0.15) is 18.1 Å². The van der Waals surface area contributed by atoms with Crippen LogP contribution in [0.3, 0.4) is 0 Å². The lowest BCUT2D eigenvalue weighted by molar-refractivity contribution is -0.126. The van der Waals surface area contributed by atoms with E-state index in [9.17, 15) is 4.79 Å². The molecule has 0 spiro atoms. The average molecular weight is 355 g/mol. The van der Waals surface area contributed by atoms with Crippen molar-refractivity contribution in [1.82, 2.24) is 4.90 Å². The number of carbonyl (C=O) groups excluding carboxylic acids is 1. The summed E-state index contributed by atoms with van der Waals surface area (Å²) >= 11 is 0. The van der Waals surface area contributed by atoms with Crippen LogP contribution in [0.2, 0.25) is 0 Å². The lowest BCUT2D eigenvalue weighted by Crippen LogP contribution is -2.25. The summed E-state index contributed by atoms with van der Waals surface area (Å²) in [5.41, 5.74) is 2.08. The molecule has 0 aliphatic rings. The van der Waals surface area contributed by atoms with Gasteiger partial charge in [-0.3, -0.25) is 4.79 Å². The summed E-state index contributed by atoms with van der Waals surface area (Å²) in [5.74, 6) is 2.18. The molecule has 5 nitrogen and oxygen atoms in total. The van der Waals surface area contributed by atoms with Gasteiger partial charge in [0, 0.05) is 19.7 Å². The van der Waals surface area contributed by atoms with E-state index in [1.807, 2.05) is 54.7 Å². The Morgan fingerprint density at radius 2 is 1.65 bits per heavy atom. The van der Waals surface area contributed by atoms with Crippen molar-refractivity contribution in [3.63, 3.8) is 0 Å². The standard InChI is InChI=1S/C21H25NO4/c1-16(23)22(13-11-17-5-8-19(24-2)9-6-17)14-12-18-7-10-20(25-3)21(15-18)26-4/h5-11,13,15H,12,14H2,1-4H3/b13-11+. The van der Waals surface area contributed by atoms with E-state index in [1.165, 1.54) is 0 Å². The lowest BCUT2D eigenvalue weighted by Gasteiger charge is -2.17. The molecule has 0 saturated carbocycles. The number of ether oxygens (including phenoxy) is 3. The third kappa shape index (κ3) is 5.28. The molecule has 0 aliphatic heterocycles. The fourth-order valence-corrected chi connectivity index (χ4v) is 2.51. The summed E-state index contributed by atoms with van der Waals surface area (Å²) in [7, 11) is 4.86. The molecule has 0 saturated heterocycles. The van der Waals surface area contributed by atoms with Gasteiger partial charge in [-0.1, -0.05) is 18.2 Å². The van der Waals surface area contributed by atoms with Crippen molar-refractivity contribution in [2.45, 2.75) is 13.3 Å². The summed E-state index contributed by atoms with van der Waals surface area (Å²) in [6, 6.07) is 13.5. The molecular weight excluding hydrogens is 330 g/mol. The minimum atomic E-state index is -0.00441. The van der Waals surface area contributed by atoms with Gasteiger partial charge >= 0.3 is 0 Å². The number of rotatable bonds is 8. The van der Waals surface area contributed by atoms with Crippen LogP contribution in [0.5, 0.6) is 17.2 Å². The van der Waals surface area contributed by atoms with Gasteiger partial charge in [-0.15, -0.1) is 0 Å². The largest absolute Gasteiger partial charge is 0.497 e. The average Bonchev–Trinajstić information content (AvgIpc) is 2.67. The maximum atomic E-state index is 11.9. The van der Waals surface area contributed by atoms with Crippen LogP contribution in [-0.4, -0.2) is 38.7 Å². The fraction of sp³-hybridized carbons (Fsp3) is 0.286. The maximum absolute atomic E-state index is 11.9. The molecular formula is C21H25NO4. The summed E-state index contributed by atoms with van der Waals surface area (Å²) in [6.07, 6.45) is 4.44. The summed E-state index contributed by atoms with van der Waals surface area (Å²) in [4.78, 5) is 13.6. The van der Waals surface area contributed by atoms with Crippen LogP contribution in [0.4, 0.5) is 0 Å². The molecule has 0 unspecified atom stereocenters. The highest BCUT2D eigenvalue weighted by Gasteiger charge is 2.08. The summed E-state index contributed by atoms with van der Waals surface area (Å²) in [5, 5.41) is 0. The second-order valence-corrected chi connectivity index (χ2v) is 5.74. The van der Waals surface area contributed by atoms with Gasteiger partial charge in [0.1, 0.15) is 5.75 Å². The predicted octanol–water partition coefficient (Wildman–Crippen LogP) is 3.77. The third-order valence-corrected chi connectivity index (χ3v) is 4.06. The van der Waals surface area contributed by atoms with Gasteiger partial charge in [-0.2, -0.15) is 0 Å².